The molecular formula is C36H49NO7S. The monoisotopic (exact) mass is 639 g/mol. The fourth-order valence-electron chi connectivity index (χ4n) is 11.1. The molecule has 7 aliphatic rings. The van der Waals surface area contributed by atoms with Crippen LogP contribution in [-0.4, -0.2) is 79.6 Å². The van der Waals surface area contributed by atoms with E-state index in [1.54, 1.807) is 7.11 Å². The number of carbonyl (C=O) groups is 1. The first-order valence-electron chi connectivity index (χ1n) is 16.8. The highest BCUT2D eigenvalue weighted by Gasteiger charge is 2.74. The number of nitrogens with zero attached hydrogens (tertiary/aromatic N) is 1. The number of hydrogen-bond acceptors (Lipinski definition) is 7. The van der Waals surface area contributed by atoms with Crippen molar-refractivity contribution in [1.29, 1.82) is 0 Å². The zero-order chi connectivity index (χ0) is 32.0. The van der Waals surface area contributed by atoms with Gasteiger partial charge in [0.1, 0.15) is 5.75 Å². The molecule has 45 heavy (non-hydrogen) atoms. The summed E-state index contributed by atoms with van der Waals surface area (Å²) in [5.74, 6) is 0.796. The molecule has 1 aromatic rings. The number of aliphatic hydroxyl groups excluding tert-OH is 1. The first-order chi connectivity index (χ1) is 21.2. The molecule has 4 fully saturated rings. The van der Waals surface area contributed by atoms with Crippen LogP contribution in [0.25, 0.3) is 0 Å². The Morgan fingerprint density at radius 2 is 1.71 bits per heavy atom. The number of ketones is 1. The normalized spacial score (nSPS) is 43.5. The molecule has 2 bridgehead atoms. The van der Waals surface area contributed by atoms with E-state index in [0.29, 0.717) is 37.2 Å². The van der Waals surface area contributed by atoms with Crippen LogP contribution in [0.2, 0.25) is 0 Å². The van der Waals surface area contributed by atoms with E-state index in [1.165, 1.54) is 10.6 Å². The predicted octanol–water partition coefficient (Wildman–Crippen LogP) is 4.91. The van der Waals surface area contributed by atoms with Crippen molar-refractivity contribution in [3.05, 3.63) is 53.6 Å². The molecule has 0 amide bonds. The van der Waals surface area contributed by atoms with Gasteiger partial charge in [-0.2, -0.15) is 4.31 Å². The third-order valence-electron chi connectivity index (χ3n) is 13.6. The lowest BCUT2D eigenvalue weighted by atomic mass is 9.32. The molecule has 8 rings (SSSR count). The largest absolute Gasteiger partial charge is 0.497 e. The number of fused-ring (bicyclic) bond motifs is 1. The Labute approximate surface area is 267 Å². The van der Waals surface area contributed by atoms with Crippen LogP contribution < -0.4 is 4.74 Å². The zero-order valence-corrected chi connectivity index (χ0v) is 27.9. The van der Waals surface area contributed by atoms with E-state index in [2.05, 4.69) is 32.1 Å². The van der Waals surface area contributed by atoms with Gasteiger partial charge in [-0.25, -0.2) is 8.42 Å². The van der Waals surface area contributed by atoms with E-state index in [-0.39, 0.29) is 42.2 Å². The van der Waals surface area contributed by atoms with E-state index in [1.807, 2.05) is 24.3 Å². The van der Waals surface area contributed by atoms with Gasteiger partial charge >= 0.3 is 0 Å². The number of benzene rings is 1. The molecule has 3 saturated carbocycles. The third-order valence-corrected chi connectivity index (χ3v) is 14.9. The first kappa shape index (κ1) is 31.6. The summed E-state index contributed by atoms with van der Waals surface area (Å²) in [6.45, 7) is 5.43. The number of hydrogen-bond donors (Lipinski definition) is 2. The fraction of sp³-hybridized carbons (Fsp3) is 0.694. The minimum absolute atomic E-state index is 0.00988. The van der Waals surface area contributed by atoms with Crippen LogP contribution in [0.15, 0.2) is 48.1 Å². The van der Waals surface area contributed by atoms with Crippen molar-refractivity contribution >= 4 is 15.8 Å². The number of ether oxygens (including phenoxy) is 2. The number of allylic oxidation sites excluding steroid dienone is 4. The quantitative estimate of drug-likeness (QED) is 0.307. The summed E-state index contributed by atoms with van der Waals surface area (Å²) in [6.07, 6.45) is 14.1. The molecule has 1 heterocycles. The van der Waals surface area contributed by atoms with E-state index in [0.717, 1.165) is 44.1 Å². The molecular weight excluding hydrogens is 590 g/mol. The Balaban J connectivity index is 1.32. The average molecular weight is 640 g/mol. The highest BCUT2D eigenvalue weighted by Crippen LogP contribution is 2.78. The minimum atomic E-state index is -3.60. The van der Waals surface area contributed by atoms with Crippen molar-refractivity contribution in [3.63, 3.8) is 0 Å². The number of Topliss-reactive ketones (excluding diaryl/α,β-unsaturated/α-hetero) is 1. The number of methoxy groups -OCH3 is 1. The topological polar surface area (TPSA) is 113 Å². The van der Waals surface area contributed by atoms with Gasteiger partial charge in [-0.1, -0.05) is 32.1 Å². The standard InChI is InChI=1S/C36H49NO7S/c1-32-14-11-25(38)20-34(32)17-18-36(28(21-34)31(39)24-7-9-26(43-3)10-8-24)29(32)12-15-33(2)30(36)13-16-35(33,40)23-37(45(4,41)42)22-27-6-5-19-44-27/h7-10,17-18,21,25,27,29-30,38,40H,5-6,11-16,19-20,22-23H2,1-4H3/t25?,27-,29-,30-,32-,33+,34+,35-,36-/m1/s1. The van der Waals surface area contributed by atoms with Gasteiger partial charge in [-0.3, -0.25) is 4.79 Å². The van der Waals surface area contributed by atoms with Gasteiger partial charge < -0.3 is 19.7 Å². The van der Waals surface area contributed by atoms with Gasteiger partial charge in [0.15, 0.2) is 5.78 Å². The van der Waals surface area contributed by atoms with Crippen LogP contribution in [0.5, 0.6) is 5.75 Å². The van der Waals surface area contributed by atoms with Crippen LogP contribution >= 0.6 is 0 Å². The number of rotatable bonds is 8. The maximum atomic E-state index is 14.7. The van der Waals surface area contributed by atoms with Crippen LogP contribution in [0, 0.1) is 33.5 Å². The van der Waals surface area contributed by atoms with Gasteiger partial charge in [-0.05, 0) is 99.3 Å². The van der Waals surface area contributed by atoms with Gasteiger partial charge in [0, 0.05) is 47.1 Å². The number of carbonyl (C=O) groups excluding carboxylic acids is 1. The van der Waals surface area contributed by atoms with Crippen molar-refractivity contribution in [3.8, 4) is 5.75 Å². The van der Waals surface area contributed by atoms with Crippen molar-refractivity contribution < 1.29 is 32.9 Å². The third kappa shape index (κ3) is 4.43. The number of sulfonamides is 1. The Kier molecular flexibility index (Phi) is 7.35. The maximum Gasteiger partial charge on any atom is 0.211 e. The van der Waals surface area contributed by atoms with Gasteiger partial charge in [0.25, 0.3) is 0 Å². The molecule has 9 heteroatoms. The molecule has 6 aliphatic carbocycles. The molecule has 0 radical (unpaired) electrons. The lowest BCUT2D eigenvalue weighted by molar-refractivity contribution is -0.174. The van der Waals surface area contributed by atoms with E-state index >= 15 is 0 Å². The van der Waals surface area contributed by atoms with E-state index < -0.39 is 38.0 Å². The van der Waals surface area contributed by atoms with Gasteiger partial charge in [0.05, 0.1) is 31.2 Å². The maximum absolute atomic E-state index is 14.7. The molecule has 9 atom stereocenters. The van der Waals surface area contributed by atoms with Crippen molar-refractivity contribution in [1.82, 2.24) is 4.31 Å². The first-order valence-corrected chi connectivity index (χ1v) is 18.7. The Morgan fingerprint density at radius 1 is 1.02 bits per heavy atom. The number of aliphatic hydroxyl groups is 2. The predicted molar refractivity (Wildman–Crippen MR) is 171 cm³/mol. The Bertz CT molecular complexity index is 1530. The summed E-state index contributed by atoms with van der Waals surface area (Å²) in [4.78, 5) is 14.7. The summed E-state index contributed by atoms with van der Waals surface area (Å²) >= 11 is 0. The summed E-state index contributed by atoms with van der Waals surface area (Å²) in [7, 11) is -1.99. The second-order valence-corrected chi connectivity index (χ2v) is 17.5. The second kappa shape index (κ2) is 10.5. The molecule has 1 unspecified atom stereocenters. The van der Waals surface area contributed by atoms with Gasteiger partial charge in [0.2, 0.25) is 10.0 Å². The highest BCUT2D eigenvalue weighted by atomic mass is 32.2. The van der Waals surface area contributed by atoms with Crippen LogP contribution in [0.4, 0.5) is 0 Å². The zero-order valence-electron chi connectivity index (χ0n) is 27.1. The Morgan fingerprint density at radius 3 is 2.38 bits per heavy atom. The van der Waals surface area contributed by atoms with Crippen LogP contribution in [0.1, 0.15) is 82.0 Å². The molecule has 1 aliphatic heterocycles. The summed E-state index contributed by atoms with van der Waals surface area (Å²) in [6, 6.07) is 7.29. The van der Waals surface area contributed by atoms with Crippen LogP contribution in [-0.2, 0) is 14.8 Å². The fourth-order valence-corrected chi connectivity index (χ4v) is 12.0. The van der Waals surface area contributed by atoms with Crippen molar-refractivity contribution in [2.45, 2.75) is 89.4 Å². The second-order valence-electron chi connectivity index (χ2n) is 15.6. The lowest BCUT2D eigenvalue weighted by Gasteiger charge is -2.71. The minimum Gasteiger partial charge on any atom is -0.497 e. The molecule has 8 nitrogen and oxygen atoms in total. The van der Waals surface area contributed by atoms with Crippen molar-refractivity contribution in [2.75, 3.05) is 33.1 Å². The molecule has 2 spiro atoms. The van der Waals surface area contributed by atoms with E-state index in [9.17, 15) is 23.4 Å². The summed E-state index contributed by atoms with van der Waals surface area (Å²) in [5.41, 5.74) is -1.63. The van der Waals surface area contributed by atoms with Gasteiger partial charge in [-0.15, -0.1) is 0 Å². The SMILES string of the molecule is COc1ccc(C(=O)C2=C[C@@]34C=C[C@@]25[C@@H]2CC[C@@](O)(CN(C[C@H]6CCCO6)S(C)(=O)=O)[C@@]2(C)CC[C@@H]5[C@@]3(C)CCC(O)C4)cc1. The lowest BCUT2D eigenvalue weighted by Crippen LogP contribution is -2.67. The molecule has 0 aromatic heterocycles. The van der Waals surface area contributed by atoms with E-state index in [4.69, 9.17) is 9.47 Å². The molecule has 2 N–H and O–H groups in total. The molecule has 1 aromatic carbocycles. The average Bonchev–Trinajstić information content (AvgIpc) is 3.61. The highest BCUT2D eigenvalue weighted by molar-refractivity contribution is 7.88. The summed E-state index contributed by atoms with van der Waals surface area (Å²) < 4.78 is 38.8. The molecule has 1 saturated heterocycles. The Hall–Kier alpha value is -2.04. The van der Waals surface area contributed by atoms with Crippen LogP contribution in [0.3, 0.4) is 0 Å². The smallest absolute Gasteiger partial charge is 0.211 e. The summed E-state index contributed by atoms with van der Waals surface area (Å²) in [5, 5.41) is 23.6. The molecule has 246 valence electrons. The van der Waals surface area contributed by atoms with Crippen molar-refractivity contribution in [2.24, 2.45) is 33.5 Å².